The first-order chi connectivity index (χ1) is 12.5. The molecule has 0 aromatic heterocycles. The second-order valence-corrected chi connectivity index (χ2v) is 6.53. The molecular weight excluding hydrogens is 357 g/mol. The number of hydrogen-bond acceptors (Lipinski definition) is 2. The van der Waals surface area contributed by atoms with Crippen LogP contribution in [0.25, 0.3) is 0 Å². The van der Waals surface area contributed by atoms with E-state index >= 15 is 0 Å². The highest BCUT2D eigenvalue weighted by atomic mass is 19.4. The van der Waals surface area contributed by atoms with Crippen molar-refractivity contribution < 1.29 is 22.8 Å². The number of carbonyl (C=O) groups is 2. The van der Waals surface area contributed by atoms with Crippen LogP contribution in [0.3, 0.4) is 0 Å². The summed E-state index contributed by atoms with van der Waals surface area (Å²) in [6, 6.07) is 11.7. The molecule has 144 valence electrons. The highest BCUT2D eigenvalue weighted by molar-refractivity contribution is 5.95. The summed E-state index contributed by atoms with van der Waals surface area (Å²) >= 11 is 0. The van der Waals surface area contributed by atoms with E-state index in [1.54, 1.807) is 24.1 Å². The molecule has 2 amide bonds. The van der Waals surface area contributed by atoms with E-state index in [0.717, 1.165) is 16.7 Å². The van der Waals surface area contributed by atoms with Gasteiger partial charge in [-0.05, 0) is 43.7 Å². The summed E-state index contributed by atoms with van der Waals surface area (Å²) in [5, 5.41) is 1.82. The number of benzene rings is 2. The number of aryl methyl sites for hydroxylation is 2. The molecule has 0 unspecified atom stereocenters. The molecule has 2 aromatic rings. The van der Waals surface area contributed by atoms with Gasteiger partial charge in [0.05, 0.1) is 0 Å². The highest BCUT2D eigenvalue weighted by Gasteiger charge is 2.27. The fourth-order valence-corrected chi connectivity index (χ4v) is 2.71. The summed E-state index contributed by atoms with van der Waals surface area (Å²) in [5.41, 5.74) is 3.49. The van der Waals surface area contributed by atoms with Crippen molar-refractivity contribution in [3.63, 3.8) is 0 Å². The summed E-state index contributed by atoms with van der Waals surface area (Å²) in [4.78, 5) is 25.8. The fraction of sp³-hybridized carbons (Fsp3) is 0.300. The van der Waals surface area contributed by atoms with Crippen LogP contribution in [-0.2, 0) is 6.54 Å². The quantitative estimate of drug-likeness (QED) is 0.859. The minimum Gasteiger partial charge on any atom is -0.343 e. The number of halogens is 3. The van der Waals surface area contributed by atoms with E-state index in [4.69, 9.17) is 0 Å². The van der Waals surface area contributed by atoms with E-state index < -0.39 is 18.6 Å². The van der Waals surface area contributed by atoms with Crippen molar-refractivity contribution in [2.24, 2.45) is 0 Å². The molecule has 0 saturated carbocycles. The van der Waals surface area contributed by atoms with Crippen LogP contribution >= 0.6 is 0 Å². The van der Waals surface area contributed by atoms with Crippen molar-refractivity contribution >= 4 is 11.8 Å². The van der Waals surface area contributed by atoms with Gasteiger partial charge in [0.1, 0.15) is 6.54 Å². The molecule has 0 radical (unpaired) electrons. The van der Waals surface area contributed by atoms with Crippen LogP contribution in [0.2, 0.25) is 0 Å². The Morgan fingerprint density at radius 3 is 2.04 bits per heavy atom. The number of nitrogens with zero attached hydrogens (tertiary/aromatic N) is 1. The molecular formula is C20H21F3N2O2. The smallest absolute Gasteiger partial charge is 0.343 e. The van der Waals surface area contributed by atoms with Crippen LogP contribution in [0, 0.1) is 13.8 Å². The van der Waals surface area contributed by atoms with E-state index in [1.165, 1.54) is 12.1 Å². The summed E-state index contributed by atoms with van der Waals surface area (Å²) in [6.45, 7) is 2.79. The number of rotatable bonds is 5. The summed E-state index contributed by atoms with van der Waals surface area (Å²) in [5.74, 6) is -0.924. The van der Waals surface area contributed by atoms with E-state index in [1.807, 2.05) is 37.4 Å². The van der Waals surface area contributed by atoms with Crippen molar-refractivity contribution in [1.29, 1.82) is 0 Å². The van der Waals surface area contributed by atoms with Crippen LogP contribution in [0.15, 0.2) is 42.5 Å². The number of amides is 2. The van der Waals surface area contributed by atoms with Crippen LogP contribution < -0.4 is 5.32 Å². The van der Waals surface area contributed by atoms with Crippen LogP contribution in [0.1, 0.15) is 37.4 Å². The lowest BCUT2D eigenvalue weighted by Gasteiger charge is -2.18. The zero-order chi connectivity index (χ0) is 20.2. The standard InChI is InChI=1S/C20H21F3N2O2/c1-13-8-14(2)10-17(9-13)19(27)25(3)11-15-4-6-16(7-5-15)18(26)24-12-20(21,22)23/h4-10H,11-12H2,1-3H3,(H,24,26). The van der Waals surface area contributed by atoms with Gasteiger partial charge in [-0.1, -0.05) is 29.3 Å². The van der Waals surface area contributed by atoms with Gasteiger partial charge < -0.3 is 10.2 Å². The number of alkyl halides is 3. The maximum atomic E-state index is 12.6. The second-order valence-electron chi connectivity index (χ2n) is 6.53. The molecule has 0 aliphatic carbocycles. The summed E-state index contributed by atoms with van der Waals surface area (Å²) in [6.07, 6.45) is -4.45. The molecule has 0 fully saturated rings. The monoisotopic (exact) mass is 378 g/mol. The van der Waals surface area contributed by atoms with Gasteiger partial charge in [0.25, 0.3) is 11.8 Å². The molecule has 0 bridgehead atoms. The number of carbonyl (C=O) groups excluding carboxylic acids is 2. The Balaban J connectivity index is 2.01. The van der Waals surface area contributed by atoms with Gasteiger partial charge in [-0.15, -0.1) is 0 Å². The Bertz CT molecular complexity index is 810. The predicted octanol–water partition coefficient (Wildman–Crippen LogP) is 3.87. The van der Waals surface area contributed by atoms with E-state index in [-0.39, 0.29) is 11.5 Å². The molecule has 0 spiro atoms. The lowest BCUT2D eigenvalue weighted by molar-refractivity contribution is -0.123. The molecule has 4 nitrogen and oxygen atoms in total. The van der Waals surface area contributed by atoms with Crippen molar-refractivity contribution in [2.75, 3.05) is 13.6 Å². The topological polar surface area (TPSA) is 49.4 Å². The normalized spacial score (nSPS) is 11.2. The van der Waals surface area contributed by atoms with Gasteiger partial charge in [0, 0.05) is 24.7 Å². The Kier molecular flexibility index (Phi) is 6.25. The summed E-state index contributed by atoms with van der Waals surface area (Å²) < 4.78 is 36.5. The molecule has 7 heteroatoms. The summed E-state index contributed by atoms with van der Waals surface area (Å²) in [7, 11) is 1.67. The number of nitrogens with one attached hydrogen (secondary N) is 1. The highest BCUT2D eigenvalue weighted by Crippen LogP contribution is 2.15. The van der Waals surface area contributed by atoms with Crippen molar-refractivity contribution in [1.82, 2.24) is 10.2 Å². The Morgan fingerprint density at radius 1 is 0.963 bits per heavy atom. The third-order valence-electron chi connectivity index (χ3n) is 3.90. The maximum Gasteiger partial charge on any atom is 0.405 e. The minimum atomic E-state index is -4.45. The lowest BCUT2D eigenvalue weighted by Crippen LogP contribution is -2.33. The number of hydrogen-bond donors (Lipinski definition) is 1. The molecule has 27 heavy (non-hydrogen) atoms. The first kappa shape index (κ1) is 20.5. The lowest BCUT2D eigenvalue weighted by atomic mass is 10.1. The third-order valence-corrected chi connectivity index (χ3v) is 3.90. The van der Waals surface area contributed by atoms with E-state index in [0.29, 0.717) is 12.1 Å². The van der Waals surface area contributed by atoms with E-state index in [9.17, 15) is 22.8 Å². The molecule has 0 atom stereocenters. The van der Waals surface area contributed by atoms with Gasteiger partial charge in [0.15, 0.2) is 0 Å². The van der Waals surface area contributed by atoms with Crippen LogP contribution in [0.4, 0.5) is 13.2 Å². The molecule has 1 N–H and O–H groups in total. The molecule has 2 rings (SSSR count). The van der Waals surface area contributed by atoms with Crippen LogP contribution in [-0.4, -0.2) is 36.5 Å². The van der Waals surface area contributed by atoms with Gasteiger partial charge >= 0.3 is 6.18 Å². The Hall–Kier alpha value is -2.83. The molecule has 0 aliphatic heterocycles. The fourth-order valence-electron chi connectivity index (χ4n) is 2.71. The Morgan fingerprint density at radius 2 is 1.52 bits per heavy atom. The zero-order valence-electron chi connectivity index (χ0n) is 15.4. The van der Waals surface area contributed by atoms with Gasteiger partial charge in [-0.3, -0.25) is 9.59 Å². The SMILES string of the molecule is Cc1cc(C)cc(C(=O)N(C)Cc2ccc(C(=O)NCC(F)(F)F)cc2)c1. The van der Waals surface area contributed by atoms with Crippen molar-refractivity contribution in [3.8, 4) is 0 Å². The van der Waals surface area contributed by atoms with Crippen molar-refractivity contribution in [3.05, 3.63) is 70.3 Å². The van der Waals surface area contributed by atoms with Gasteiger partial charge in [0.2, 0.25) is 0 Å². The first-order valence-corrected chi connectivity index (χ1v) is 8.33. The molecule has 0 heterocycles. The predicted molar refractivity (Wildman–Crippen MR) is 96.5 cm³/mol. The first-order valence-electron chi connectivity index (χ1n) is 8.33. The van der Waals surface area contributed by atoms with Gasteiger partial charge in [-0.2, -0.15) is 13.2 Å². The molecule has 0 saturated heterocycles. The molecule has 2 aromatic carbocycles. The minimum absolute atomic E-state index is 0.131. The third kappa shape index (κ3) is 6.13. The van der Waals surface area contributed by atoms with Gasteiger partial charge in [-0.25, -0.2) is 0 Å². The van der Waals surface area contributed by atoms with E-state index in [2.05, 4.69) is 0 Å². The van der Waals surface area contributed by atoms with Crippen molar-refractivity contribution in [2.45, 2.75) is 26.6 Å². The average molecular weight is 378 g/mol. The molecule has 0 aliphatic rings. The Labute approximate surface area is 156 Å². The second kappa shape index (κ2) is 8.24. The van der Waals surface area contributed by atoms with Crippen LogP contribution in [0.5, 0.6) is 0 Å². The maximum absolute atomic E-state index is 12.6. The largest absolute Gasteiger partial charge is 0.405 e. The average Bonchev–Trinajstić information content (AvgIpc) is 2.58. The zero-order valence-corrected chi connectivity index (χ0v) is 15.4.